The van der Waals surface area contributed by atoms with Crippen LogP contribution in [0.15, 0.2) is 35.9 Å². The van der Waals surface area contributed by atoms with Crippen LogP contribution in [0.2, 0.25) is 0 Å². The number of carboxylic acid groups (broad SMARTS) is 1. The molecule has 0 aliphatic carbocycles. The summed E-state index contributed by atoms with van der Waals surface area (Å²) in [5.74, 6) is -0.0188. The van der Waals surface area contributed by atoms with Crippen LogP contribution < -0.4 is 10.1 Å². The maximum absolute atomic E-state index is 10.9. The monoisotopic (exact) mass is 263 g/mol. The fourth-order valence-corrected chi connectivity index (χ4v) is 1.88. The Morgan fingerprint density at radius 2 is 2.16 bits per heavy atom. The highest BCUT2D eigenvalue weighted by atomic mass is 16.5. The van der Waals surface area contributed by atoms with Crippen LogP contribution in [0.3, 0.4) is 0 Å². The maximum atomic E-state index is 10.9. The van der Waals surface area contributed by atoms with Gasteiger partial charge in [0.2, 0.25) is 0 Å². The van der Waals surface area contributed by atoms with Crippen LogP contribution in [0.4, 0.5) is 0 Å². The number of carbonyl (C=O) groups is 1. The van der Waals surface area contributed by atoms with Crippen LogP contribution in [0, 0.1) is 0 Å². The molecule has 0 bridgehead atoms. The Labute approximate surface area is 114 Å². The van der Waals surface area contributed by atoms with Crippen LogP contribution >= 0.6 is 0 Å². The molecule has 0 aliphatic heterocycles. The van der Waals surface area contributed by atoms with E-state index in [1.807, 2.05) is 38.1 Å². The molecule has 0 unspecified atom stereocenters. The van der Waals surface area contributed by atoms with Crippen molar-refractivity contribution in [3.8, 4) is 5.75 Å². The molecule has 0 fully saturated rings. The molecule has 0 aliphatic rings. The van der Waals surface area contributed by atoms with Gasteiger partial charge in [0.15, 0.2) is 0 Å². The number of methoxy groups -OCH3 is 1. The van der Waals surface area contributed by atoms with Gasteiger partial charge in [0, 0.05) is 23.7 Å². The summed E-state index contributed by atoms with van der Waals surface area (Å²) in [6.45, 7) is 4.39. The lowest BCUT2D eigenvalue weighted by Crippen LogP contribution is -2.20. The van der Waals surface area contributed by atoms with Gasteiger partial charge in [-0.15, -0.1) is 0 Å². The van der Waals surface area contributed by atoms with Gasteiger partial charge >= 0.3 is 5.97 Å². The summed E-state index contributed by atoms with van der Waals surface area (Å²) in [7, 11) is 1.64. The molecule has 1 atom stereocenters. The molecule has 0 saturated heterocycles. The zero-order valence-corrected chi connectivity index (χ0v) is 11.6. The summed E-state index contributed by atoms with van der Waals surface area (Å²) >= 11 is 0. The molecule has 104 valence electrons. The van der Waals surface area contributed by atoms with Crippen molar-refractivity contribution in [1.82, 2.24) is 5.32 Å². The molecule has 1 aromatic carbocycles. The molecule has 0 spiro atoms. The minimum Gasteiger partial charge on any atom is -0.496 e. The fraction of sp³-hybridized carbons (Fsp3) is 0.400. The van der Waals surface area contributed by atoms with E-state index in [2.05, 4.69) is 5.32 Å². The first kappa shape index (κ1) is 15.2. The van der Waals surface area contributed by atoms with E-state index in [9.17, 15) is 4.79 Å². The Balaban J connectivity index is 2.65. The summed E-state index contributed by atoms with van der Waals surface area (Å²) < 4.78 is 5.30. The molecule has 0 aromatic heterocycles. The van der Waals surface area contributed by atoms with Crippen LogP contribution in [-0.4, -0.2) is 24.7 Å². The number of nitrogens with one attached hydrogen (secondary N) is 1. The summed E-state index contributed by atoms with van der Waals surface area (Å²) in [4.78, 5) is 10.9. The van der Waals surface area contributed by atoms with Gasteiger partial charge < -0.3 is 15.2 Å². The van der Waals surface area contributed by atoms with E-state index < -0.39 is 5.97 Å². The Kier molecular flexibility index (Phi) is 6.09. The van der Waals surface area contributed by atoms with E-state index in [1.165, 1.54) is 0 Å². The first-order valence-electron chi connectivity index (χ1n) is 6.38. The van der Waals surface area contributed by atoms with Gasteiger partial charge in [-0.05, 0) is 19.4 Å². The molecular weight excluding hydrogens is 242 g/mol. The van der Waals surface area contributed by atoms with Crippen molar-refractivity contribution in [2.24, 2.45) is 0 Å². The largest absolute Gasteiger partial charge is 0.496 e. The van der Waals surface area contributed by atoms with Gasteiger partial charge in [0.05, 0.1) is 7.11 Å². The molecule has 2 N–H and O–H groups in total. The second-order valence-corrected chi connectivity index (χ2v) is 4.26. The number of ether oxygens (including phenoxy) is 1. The van der Waals surface area contributed by atoms with Crippen molar-refractivity contribution in [3.05, 3.63) is 41.5 Å². The summed E-state index contributed by atoms with van der Waals surface area (Å²) in [5.41, 5.74) is 1.49. The second-order valence-electron chi connectivity index (χ2n) is 4.26. The molecule has 0 radical (unpaired) electrons. The molecule has 1 aromatic rings. The number of hydrogen-bond acceptors (Lipinski definition) is 3. The third-order valence-electron chi connectivity index (χ3n) is 3.03. The highest BCUT2D eigenvalue weighted by Gasteiger charge is 2.10. The minimum absolute atomic E-state index is 0.0966. The van der Waals surface area contributed by atoms with E-state index in [0.717, 1.165) is 11.3 Å². The fourth-order valence-electron chi connectivity index (χ4n) is 1.88. The highest BCUT2D eigenvalue weighted by molar-refractivity contribution is 5.86. The van der Waals surface area contributed by atoms with Crippen LogP contribution in [0.1, 0.15) is 31.9 Å². The van der Waals surface area contributed by atoms with Crippen molar-refractivity contribution in [3.63, 3.8) is 0 Å². The van der Waals surface area contributed by atoms with Gasteiger partial charge in [0.25, 0.3) is 0 Å². The SMILES string of the molecule is CC/C(=C/CN[C@H](C)c1ccccc1OC)C(=O)O. The predicted molar refractivity (Wildman–Crippen MR) is 75.4 cm³/mol. The van der Waals surface area contributed by atoms with Crippen LogP contribution in [-0.2, 0) is 4.79 Å². The summed E-state index contributed by atoms with van der Waals surface area (Å²) in [6, 6.07) is 7.89. The number of carboxylic acids is 1. The third kappa shape index (κ3) is 4.41. The van der Waals surface area contributed by atoms with Crippen molar-refractivity contribution in [2.75, 3.05) is 13.7 Å². The van der Waals surface area contributed by atoms with E-state index >= 15 is 0 Å². The molecule has 0 amide bonds. The Morgan fingerprint density at radius 1 is 1.47 bits per heavy atom. The molecule has 4 heteroatoms. The lowest BCUT2D eigenvalue weighted by Gasteiger charge is -2.16. The number of aliphatic carboxylic acids is 1. The number of para-hydroxylation sites is 1. The lowest BCUT2D eigenvalue weighted by atomic mass is 10.1. The van der Waals surface area contributed by atoms with Gasteiger partial charge in [-0.2, -0.15) is 0 Å². The zero-order chi connectivity index (χ0) is 14.3. The molecular formula is C15H21NO3. The molecule has 0 heterocycles. The van der Waals surface area contributed by atoms with Gasteiger partial charge in [-0.25, -0.2) is 4.79 Å². The molecule has 1 rings (SSSR count). The first-order chi connectivity index (χ1) is 9.10. The highest BCUT2D eigenvalue weighted by Crippen LogP contribution is 2.24. The lowest BCUT2D eigenvalue weighted by molar-refractivity contribution is -0.132. The average Bonchev–Trinajstić information content (AvgIpc) is 2.42. The van der Waals surface area contributed by atoms with Crippen LogP contribution in [0.5, 0.6) is 5.75 Å². The summed E-state index contributed by atoms with van der Waals surface area (Å²) in [6.07, 6.45) is 2.24. The standard InChI is InChI=1S/C15H21NO3/c1-4-12(15(17)18)9-10-16-11(2)13-7-5-6-8-14(13)19-3/h5-9,11,16H,4,10H2,1-3H3,(H,17,18)/b12-9-/t11-/m1/s1. The quantitative estimate of drug-likeness (QED) is 0.743. The third-order valence-corrected chi connectivity index (χ3v) is 3.03. The average molecular weight is 263 g/mol. The van der Waals surface area contributed by atoms with Gasteiger partial charge in [-0.3, -0.25) is 0 Å². The molecule has 19 heavy (non-hydrogen) atoms. The predicted octanol–water partition coefficient (Wildman–Crippen LogP) is 2.77. The number of rotatable bonds is 7. The maximum Gasteiger partial charge on any atom is 0.331 e. The van der Waals surface area contributed by atoms with Gasteiger partial charge in [0.1, 0.15) is 5.75 Å². The number of benzene rings is 1. The normalized spacial score (nSPS) is 13.1. The van der Waals surface area contributed by atoms with Crippen LogP contribution in [0.25, 0.3) is 0 Å². The number of hydrogen-bond donors (Lipinski definition) is 2. The second kappa shape index (κ2) is 7.59. The Hall–Kier alpha value is -1.81. The van der Waals surface area contributed by atoms with E-state index in [1.54, 1.807) is 13.2 Å². The smallest absolute Gasteiger partial charge is 0.331 e. The first-order valence-corrected chi connectivity index (χ1v) is 6.38. The zero-order valence-electron chi connectivity index (χ0n) is 11.6. The molecule has 0 saturated carbocycles. The van der Waals surface area contributed by atoms with Crippen molar-refractivity contribution < 1.29 is 14.6 Å². The molecule has 4 nitrogen and oxygen atoms in total. The minimum atomic E-state index is -0.853. The van der Waals surface area contributed by atoms with Crippen molar-refractivity contribution in [2.45, 2.75) is 26.3 Å². The van der Waals surface area contributed by atoms with E-state index in [0.29, 0.717) is 18.5 Å². The summed E-state index contributed by atoms with van der Waals surface area (Å²) in [5, 5.41) is 12.2. The topological polar surface area (TPSA) is 58.6 Å². The Morgan fingerprint density at radius 3 is 2.74 bits per heavy atom. The van der Waals surface area contributed by atoms with E-state index in [-0.39, 0.29) is 6.04 Å². The van der Waals surface area contributed by atoms with Crippen molar-refractivity contribution >= 4 is 5.97 Å². The van der Waals surface area contributed by atoms with Crippen molar-refractivity contribution in [1.29, 1.82) is 0 Å². The van der Waals surface area contributed by atoms with Gasteiger partial charge in [-0.1, -0.05) is 31.2 Å². The Bertz CT molecular complexity index is 454. The van der Waals surface area contributed by atoms with E-state index in [4.69, 9.17) is 9.84 Å².